The molecule has 0 atom stereocenters. The maximum atomic E-state index is 13.5. The van der Waals surface area contributed by atoms with Crippen molar-refractivity contribution in [1.29, 1.82) is 0 Å². The lowest BCUT2D eigenvalue weighted by atomic mass is 10.3. The summed E-state index contributed by atoms with van der Waals surface area (Å²) in [5.41, 5.74) is 0.404. The van der Waals surface area contributed by atoms with Crippen LogP contribution >= 0.6 is 11.8 Å². The normalized spacial score (nSPS) is 15.4. The van der Waals surface area contributed by atoms with Gasteiger partial charge in [-0.3, -0.25) is 9.29 Å². The molecule has 0 unspecified atom stereocenters. The molecule has 0 radical (unpaired) electrons. The molecule has 2 aromatic rings. The number of halogens is 1. The lowest BCUT2D eigenvalue weighted by Gasteiger charge is -2.24. The Labute approximate surface area is 127 Å². The van der Waals surface area contributed by atoms with Gasteiger partial charge in [-0.05, 0) is 42.5 Å². The van der Waals surface area contributed by atoms with Crippen molar-refractivity contribution in [2.75, 3.05) is 16.6 Å². The van der Waals surface area contributed by atoms with Crippen LogP contribution in [0.1, 0.15) is 6.42 Å². The largest absolute Gasteiger partial charge is 0.265 e. The fourth-order valence-electron chi connectivity index (χ4n) is 2.19. The average molecular weight is 324 g/mol. The van der Waals surface area contributed by atoms with Gasteiger partial charge in [-0.25, -0.2) is 12.8 Å². The molecule has 0 aliphatic carbocycles. The summed E-state index contributed by atoms with van der Waals surface area (Å²) in [5.74, 6) is 0.361. The van der Waals surface area contributed by atoms with Gasteiger partial charge >= 0.3 is 0 Å². The Morgan fingerprint density at radius 1 is 1.29 bits per heavy atom. The van der Waals surface area contributed by atoms with Gasteiger partial charge in [0, 0.05) is 23.8 Å². The summed E-state index contributed by atoms with van der Waals surface area (Å²) in [6, 6.07) is 7.34. The quantitative estimate of drug-likeness (QED) is 0.852. The molecule has 1 aromatic carbocycles. The van der Waals surface area contributed by atoms with E-state index in [-0.39, 0.29) is 4.90 Å². The van der Waals surface area contributed by atoms with Gasteiger partial charge in [0.1, 0.15) is 10.7 Å². The molecule has 0 bridgehead atoms. The Hall–Kier alpha value is -1.60. The molecule has 2 heterocycles. The average Bonchev–Trinajstić information content (AvgIpc) is 2.70. The molecule has 0 spiro atoms. The first-order valence-electron chi connectivity index (χ1n) is 6.44. The van der Waals surface area contributed by atoms with Gasteiger partial charge in [0.05, 0.1) is 5.69 Å². The molecular formula is C14H13FN2O2S2. The van der Waals surface area contributed by atoms with Gasteiger partial charge in [0.15, 0.2) is 0 Å². The summed E-state index contributed by atoms with van der Waals surface area (Å²) in [6.07, 6.45) is 3.54. The molecule has 0 saturated carbocycles. The van der Waals surface area contributed by atoms with Crippen molar-refractivity contribution < 1.29 is 12.8 Å². The number of hydrogen-bond donors (Lipinski definition) is 0. The number of sulfonamides is 1. The molecule has 1 aliphatic rings. The first-order valence-corrected chi connectivity index (χ1v) is 8.87. The lowest BCUT2D eigenvalue weighted by molar-refractivity contribution is 0.589. The number of pyridine rings is 1. The monoisotopic (exact) mass is 324 g/mol. The standard InChI is InChI=1S/C14H13FN2O2S2/c15-11-4-5-14-13(9-11)17(7-2-8-20-14)21(18,19)12-3-1-6-16-10-12/h1,3-6,9-10H,2,7-8H2. The Morgan fingerprint density at radius 3 is 2.90 bits per heavy atom. The summed E-state index contributed by atoms with van der Waals surface area (Å²) < 4.78 is 40.4. The van der Waals surface area contributed by atoms with E-state index in [2.05, 4.69) is 4.98 Å². The second kappa shape index (κ2) is 5.65. The first-order chi connectivity index (χ1) is 10.1. The zero-order chi connectivity index (χ0) is 14.9. The number of rotatable bonds is 2. The van der Waals surface area contributed by atoms with Crippen LogP contribution in [0.15, 0.2) is 52.5 Å². The zero-order valence-electron chi connectivity index (χ0n) is 11.1. The molecule has 21 heavy (non-hydrogen) atoms. The molecule has 4 nitrogen and oxygen atoms in total. The lowest BCUT2D eigenvalue weighted by Crippen LogP contribution is -2.32. The Morgan fingerprint density at radius 2 is 2.14 bits per heavy atom. The molecule has 7 heteroatoms. The number of hydrogen-bond acceptors (Lipinski definition) is 4. The van der Waals surface area contributed by atoms with Gasteiger partial charge in [0.2, 0.25) is 0 Å². The number of fused-ring (bicyclic) bond motifs is 1. The Bertz CT molecular complexity index is 751. The van der Waals surface area contributed by atoms with Crippen LogP contribution < -0.4 is 4.31 Å². The molecule has 1 aromatic heterocycles. The maximum absolute atomic E-state index is 13.5. The van der Waals surface area contributed by atoms with E-state index in [1.165, 1.54) is 34.9 Å². The zero-order valence-corrected chi connectivity index (χ0v) is 12.7. The maximum Gasteiger partial charge on any atom is 0.265 e. The minimum absolute atomic E-state index is 0.118. The molecule has 0 N–H and O–H groups in total. The highest BCUT2D eigenvalue weighted by Gasteiger charge is 2.28. The number of benzene rings is 1. The summed E-state index contributed by atoms with van der Waals surface area (Å²) in [4.78, 5) is 4.75. The van der Waals surface area contributed by atoms with E-state index in [1.807, 2.05) is 0 Å². The van der Waals surface area contributed by atoms with Crippen LogP contribution in [0.3, 0.4) is 0 Å². The molecule has 3 rings (SSSR count). The minimum Gasteiger partial charge on any atom is -0.265 e. The third-order valence-corrected chi connectivity index (χ3v) is 6.12. The summed E-state index contributed by atoms with van der Waals surface area (Å²) in [6.45, 7) is 0.334. The highest BCUT2D eigenvalue weighted by Crippen LogP contribution is 2.37. The number of anilines is 1. The van der Waals surface area contributed by atoms with Crippen LogP contribution in [0.4, 0.5) is 10.1 Å². The van der Waals surface area contributed by atoms with Gasteiger partial charge in [0.25, 0.3) is 10.0 Å². The summed E-state index contributed by atoms with van der Waals surface area (Å²) in [7, 11) is -3.72. The molecule has 0 fully saturated rings. The van der Waals surface area contributed by atoms with Crippen molar-refractivity contribution in [1.82, 2.24) is 4.98 Å². The highest BCUT2D eigenvalue weighted by atomic mass is 32.2. The van der Waals surface area contributed by atoms with E-state index >= 15 is 0 Å². The van der Waals surface area contributed by atoms with Crippen LogP contribution in [0.25, 0.3) is 0 Å². The smallest absolute Gasteiger partial charge is 0.265 e. The van der Waals surface area contributed by atoms with Crippen molar-refractivity contribution in [2.45, 2.75) is 16.2 Å². The van der Waals surface area contributed by atoms with E-state index < -0.39 is 15.8 Å². The van der Waals surface area contributed by atoms with Crippen molar-refractivity contribution >= 4 is 27.5 Å². The SMILES string of the molecule is O=S(=O)(c1cccnc1)N1CCCSc2ccc(F)cc21. The topological polar surface area (TPSA) is 50.3 Å². The van der Waals surface area contributed by atoms with Gasteiger partial charge < -0.3 is 0 Å². The summed E-state index contributed by atoms with van der Waals surface area (Å²) >= 11 is 1.54. The third kappa shape index (κ3) is 2.75. The van der Waals surface area contributed by atoms with Crippen molar-refractivity contribution in [2.24, 2.45) is 0 Å². The Kier molecular flexibility index (Phi) is 3.86. The third-order valence-electron chi connectivity index (χ3n) is 3.18. The highest BCUT2D eigenvalue weighted by molar-refractivity contribution is 7.99. The predicted octanol–water partition coefficient (Wildman–Crippen LogP) is 2.91. The molecule has 110 valence electrons. The number of thioether (sulfide) groups is 1. The Balaban J connectivity index is 2.13. The predicted molar refractivity (Wildman–Crippen MR) is 80.5 cm³/mol. The second-order valence-electron chi connectivity index (χ2n) is 4.58. The molecular weight excluding hydrogens is 311 g/mol. The van der Waals surface area contributed by atoms with E-state index in [0.29, 0.717) is 18.7 Å². The van der Waals surface area contributed by atoms with Crippen LogP contribution in [0.5, 0.6) is 0 Å². The van der Waals surface area contributed by atoms with E-state index in [0.717, 1.165) is 10.6 Å². The minimum atomic E-state index is -3.72. The van der Waals surface area contributed by atoms with Crippen LogP contribution in [0.2, 0.25) is 0 Å². The molecule has 1 aliphatic heterocycles. The second-order valence-corrected chi connectivity index (χ2v) is 7.58. The number of nitrogens with zero attached hydrogens (tertiary/aromatic N) is 2. The van der Waals surface area contributed by atoms with Crippen LogP contribution in [-0.2, 0) is 10.0 Å². The molecule has 0 amide bonds. The molecule has 0 saturated heterocycles. The van der Waals surface area contributed by atoms with Gasteiger partial charge in [-0.1, -0.05) is 0 Å². The van der Waals surface area contributed by atoms with Crippen molar-refractivity contribution in [3.8, 4) is 0 Å². The van der Waals surface area contributed by atoms with Crippen molar-refractivity contribution in [3.05, 3.63) is 48.5 Å². The first kappa shape index (κ1) is 14.3. The van der Waals surface area contributed by atoms with Gasteiger partial charge in [-0.15, -0.1) is 11.8 Å². The van der Waals surface area contributed by atoms with Crippen LogP contribution in [0, 0.1) is 5.82 Å². The van der Waals surface area contributed by atoms with Gasteiger partial charge in [-0.2, -0.15) is 0 Å². The fraction of sp³-hybridized carbons (Fsp3) is 0.214. The van der Waals surface area contributed by atoms with Crippen LogP contribution in [-0.4, -0.2) is 25.7 Å². The van der Waals surface area contributed by atoms with E-state index in [4.69, 9.17) is 0 Å². The van der Waals surface area contributed by atoms with E-state index in [9.17, 15) is 12.8 Å². The van der Waals surface area contributed by atoms with Crippen molar-refractivity contribution in [3.63, 3.8) is 0 Å². The summed E-state index contributed by atoms with van der Waals surface area (Å²) in [5, 5.41) is 0. The van der Waals surface area contributed by atoms with E-state index in [1.54, 1.807) is 23.9 Å². The number of aromatic nitrogens is 1. The fourth-order valence-corrected chi connectivity index (χ4v) is 4.71.